The summed E-state index contributed by atoms with van der Waals surface area (Å²) in [5.41, 5.74) is 0.461. The molecule has 1 saturated heterocycles. The van der Waals surface area contributed by atoms with Gasteiger partial charge in [-0.05, 0) is 30.3 Å². The first-order valence-electron chi connectivity index (χ1n) is 8.40. The van der Waals surface area contributed by atoms with Gasteiger partial charge in [-0.2, -0.15) is 4.31 Å². The molecular weight excluding hydrogens is 392 g/mol. The van der Waals surface area contributed by atoms with E-state index in [-0.39, 0.29) is 16.3 Å². The minimum atomic E-state index is -3.77. The molecule has 10 heteroatoms. The summed E-state index contributed by atoms with van der Waals surface area (Å²) in [6.45, 7) is 2.19. The minimum absolute atomic E-state index is 0.0783. The molecule has 2 aromatic carbocycles. The number of halogens is 1. The van der Waals surface area contributed by atoms with Crippen molar-refractivity contribution in [2.75, 3.05) is 38.5 Å². The van der Waals surface area contributed by atoms with Crippen molar-refractivity contribution in [2.45, 2.75) is 4.90 Å². The molecule has 0 unspecified atom stereocenters. The summed E-state index contributed by atoms with van der Waals surface area (Å²) in [4.78, 5) is 12.1. The monoisotopic (exact) mass is 411 g/mol. The molecule has 0 aliphatic carbocycles. The zero-order chi connectivity index (χ0) is 19.6. The first-order chi connectivity index (χ1) is 12.8. The molecule has 0 radical (unpaired) electrons. The highest BCUT2D eigenvalue weighted by Gasteiger charge is 2.31. The highest BCUT2D eigenvalue weighted by atomic mass is 35.5. The SMILES string of the molecule is C[NH+]1CCN(S(=O)(=O)c2ccc(Nc3cccc(Cl)c3)c([N+](=O)[O-])c2)CC1. The van der Waals surface area contributed by atoms with Crippen LogP contribution in [0.3, 0.4) is 0 Å². The zero-order valence-electron chi connectivity index (χ0n) is 14.7. The molecule has 2 N–H and O–H groups in total. The van der Waals surface area contributed by atoms with Gasteiger partial charge in [0.2, 0.25) is 10.0 Å². The molecule has 0 bridgehead atoms. The van der Waals surface area contributed by atoms with Crippen LogP contribution in [-0.4, -0.2) is 50.9 Å². The molecule has 1 heterocycles. The molecule has 27 heavy (non-hydrogen) atoms. The number of benzene rings is 2. The van der Waals surface area contributed by atoms with Crippen molar-refractivity contribution in [3.63, 3.8) is 0 Å². The Morgan fingerprint density at radius 1 is 1.19 bits per heavy atom. The number of quaternary nitrogens is 1. The fourth-order valence-electron chi connectivity index (χ4n) is 2.91. The van der Waals surface area contributed by atoms with E-state index < -0.39 is 14.9 Å². The molecule has 0 saturated carbocycles. The second-order valence-corrected chi connectivity index (χ2v) is 8.81. The first-order valence-corrected chi connectivity index (χ1v) is 10.2. The Hall–Kier alpha value is -2.20. The minimum Gasteiger partial charge on any atom is -0.350 e. The molecule has 0 atom stereocenters. The van der Waals surface area contributed by atoms with Crippen LogP contribution < -0.4 is 10.2 Å². The van der Waals surface area contributed by atoms with E-state index in [0.29, 0.717) is 36.9 Å². The zero-order valence-corrected chi connectivity index (χ0v) is 16.3. The quantitative estimate of drug-likeness (QED) is 0.574. The summed E-state index contributed by atoms with van der Waals surface area (Å²) in [6, 6.07) is 10.6. The molecule has 0 aromatic heterocycles. The Balaban J connectivity index is 1.92. The maximum Gasteiger partial charge on any atom is 0.294 e. The van der Waals surface area contributed by atoms with E-state index in [2.05, 4.69) is 5.32 Å². The number of nitrogens with zero attached hydrogens (tertiary/aromatic N) is 2. The molecule has 8 nitrogen and oxygen atoms in total. The normalized spacial score (nSPS) is 16.2. The number of sulfonamides is 1. The van der Waals surface area contributed by atoms with E-state index in [1.807, 2.05) is 7.05 Å². The van der Waals surface area contributed by atoms with Gasteiger partial charge in [0.05, 0.1) is 43.0 Å². The van der Waals surface area contributed by atoms with Crippen LogP contribution in [0.2, 0.25) is 5.02 Å². The van der Waals surface area contributed by atoms with E-state index >= 15 is 0 Å². The van der Waals surface area contributed by atoms with E-state index in [0.717, 1.165) is 6.07 Å². The highest BCUT2D eigenvalue weighted by molar-refractivity contribution is 7.89. The summed E-state index contributed by atoms with van der Waals surface area (Å²) in [6.07, 6.45) is 0. The van der Waals surface area contributed by atoms with Crippen LogP contribution in [-0.2, 0) is 10.0 Å². The van der Waals surface area contributed by atoms with Crippen molar-refractivity contribution in [1.82, 2.24) is 4.31 Å². The number of likely N-dealkylation sites (N-methyl/N-ethyl adjacent to an activating group) is 1. The predicted octanol–water partition coefficient (Wildman–Crippen LogP) is 1.51. The van der Waals surface area contributed by atoms with Crippen LogP contribution in [0, 0.1) is 10.1 Å². The van der Waals surface area contributed by atoms with E-state index in [9.17, 15) is 18.5 Å². The molecular formula is C17H20ClN4O4S+. The smallest absolute Gasteiger partial charge is 0.294 e. The van der Waals surface area contributed by atoms with Crippen molar-refractivity contribution >= 4 is 38.7 Å². The van der Waals surface area contributed by atoms with Gasteiger partial charge < -0.3 is 10.2 Å². The van der Waals surface area contributed by atoms with Gasteiger partial charge in [-0.25, -0.2) is 8.42 Å². The van der Waals surface area contributed by atoms with E-state index in [1.54, 1.807) is 24.3 Å². The van der Waals surface area contributed by atoms with Crippen LogP contribution in [0.4, 0.5) is 17.1 Å². The second-order valence-electron chi connectivity index (χ2n) is 6.43. The summed E-state index contributed by atoms with van der Waals surface area (Å²) < 4.78 is 27.1. The lowest BCUT2D eigenvalue weighted by atomic mass is 10.2. The van der Waals surface area contributed by atoms with Gasteiger partial charge in [-0.3, -0.25) is 10.1 Å². The summed E-state index contributed by atoms with van der Waals surface area (Å²) in [7, 11) is -1.77. The lowest BCUT2D eigenvalue weighted by molar-refractivity contribution is -0.883. The van der Waals surface area contributed by atoms with Gasteiger partial charge in [0.15, 0.2) is 0 Å². The van der Waals surface area contributed by atoms with Crippen molar-refractivity contribution < 1.29 is 18.2 Å². The lowest BCUT2D eigenvalue weighted by Gasteiger charge is -2.29. The molecule has 144 valence electrons. The Labute approximate surface area is 162 Å². The van der Waals surface area contributed by atoms with Gasteiger partial charge in [-0.15, -0.1) is 0 Å². The van der Waals surface area contributed by atoms with Crippen LogP contribution in [0.5, 0.6) is 0 Å². The standard InChI is InChI=1S/C17H19ClN4O4S/c1-20-7-9-21(10-8-20)27(25,26)15-5-6-16(17(12-15)22(23)24)19-14-4-2-3-13(18)11-14/h2-6,11-12,19H,7-10H2,1H3/p+1. The average Bonchev–Trinajstić information content (AvgIpc) is 2.62. The van der Waals surface area contributed by atoms with Gasteiger partial charge in [0.1, 0.15) is 5.69 Å². The summed E-state index contributed by atoms with van der Waals surface area (Å²) in [5.74, 6) is 0. The van der Waals surface area contributed by atoms with Crippen LogP contribution in [0.25, 0.3) is 0 Å². The molecule has 2 aromatic rings. The lowest BCUT2D eigenvalue weighted by Crippen LogP contribution is -3.12. The topological polar surface area (TPSA) is 97.0 Å². The van der Waals surface area contributed by atoms with Gasteiger partial charge in [-0.1, -0.05) is 17.7 Å². The Bertz CT molecular complexity index is 959. The van der Waals surface area contributed by atoms with Gasteiger partial charge >= 0.3 is 0 Å². The van der Waals surface area contributed by atoms with Crippen molar-refractivity contribution in [3.8, 4) is 0 Å². The number of anilines is 2. The molecule has 1 aliphatic heterocycles. The Morgan fingerprint density at radius 3 is 2.52 bits per heavy atom. The third-order valence-electron chi connectivity index (χ3n) is 4.48. The number of nitro groups is 1. The number of piperazine rings is 1. The van der Waals surface area contributed by atoms with Crippen molar-refractivity contribution in [3.05, 3.63) is 57.6 Å². The number of hydrogen-bond donors (Lipinski definition) is 2. The van der Waals surface area contributed by atoms with Gasteiger partial charge in [0.25, 0.3) is 5.69 Å². The molecule has 1 fully saturated rings. The molecule has 3 rings (SSSR count). The molecule has 1 aliphatic rings. The van der Waals surface area contributed by atoms with E-state index in [4.69, 9.17) is 11.6 Å². The number of rotatable bonds is 5. The Morgan fingerprint density at radius 2 is 1.89 bits per heavy atom. The fourth-order valence-corrected chi connectivity index (χ4v) is 4.56. The molecule has 0 spiro atoms. The molecule has 0 amide bonds. The number of hydrogen-bond acceptors (Lipinski definition) is 5. The summed E-state index contributed by atoms with van der Waals surface area (Å²) >= 11 is 5.93. The van der Waals surface area contributed by atoms with Gasteiger partial charge in [0, 0.05) is 16.8 Å². The predicted molar refractivity (Wildman–Crippen MR) is 103 cm³/mol. The number of nitro benzene ring substituents is 1. The van der Waals surface area contributed by atoms with Crippen molar-refractivity contribution in [2.24, 2.45) is 0 Å². The third kappa shape index (κ3) is 4.38. The largest absolute Gasteiger partial charge is 0.350 e. The van der Waals surface area contributed by atoms with E-state index in [1.165, 1.54) is 21.3 Å². The highest BCUT2D eigenvalue weighted by Crippen LogP contribution is 2.31. The van der Waals surface area contributed by atoms with Crippen LogP contribution >= 0.6 is 11.6 Å². The third-order valence-corrected chi connectivity index (χ3v) is 6.61. The maximum atomic E-state index is 12.8. The summed E-state index contributed by atoms with van der Waals surface area (Å²) in [5, 5.41) is 14.9. The maximum absolute atomic E-state index is 12.8. The Kier molecular flexibility index (Phi) is 5.66. The van der Waals surface area contributed by atoms with Crippen LogP contribution in [0.15, 0.2) is 47.4 Å². The second kappa shape index (κ2) is 7.81. The average molecular weight is 412 g/mol. The number of nitrogens with one attached hydrogen (secondary N) is 2. The fraction of sp³-hybridized carbons (Fsp3) is 0.294. The van der Waals surface area contributed by atoms with Crippen LogP contribution in [0.1, 0.15) is 0 Å². The first kappa shape index (κ1) is 19.6. The van der Waals surface area contributed by atoms with Crippen molar-refractivity contribution in [1.29, 1.82) is 0 Å².